The summed E-state index contributed by atoms with van der Waals surface area (Å²) in [4.78, 5) is 19.4. The van der Waals surface area contributed by atoms with Crippen LogP contribution >= 0.6 is 0 Å². The number of esters is 1. The van der Waals surface area contributed by atoms with E-state index >= 15 is 0 Å². The maximum Gasteiger partial charge on any atom is 0.360 e. The van der Waals surface area contributed by atoms with Crippen molar-refractivity contribution in [3.05, 3.63) is 30.7 Å². The molecule has 2 rings (SSSR count). The normalized spacial score (nSPS) is 10.5. The lowest BCUT2D eigenvalue weighted by Gasteiger charge is -2.06. The number of hydrogen-bond donors (Lipinski definition) is 1. The van der Waals surface area contributed by atoms with E-state index in [1.54, 1.807) is 30.3 Å². The van der Waals surface area contributed by atoms with Crippen LogP contribution in [0.3, 0.4) is 0 Å². The van der Waals surface area contributed by atoms with E-state index in [1.807, 2.05) is 10.8 Å². The molecule has 0 bridgehead atoms. The van der Waals surface area contributed by atoms with Crippen molar-refractivity contribution in [2.75, 3.05) is 12.3 Å². The summed E-state index contributed by atoms with van der Waals surface area (Å²) in [6.45, 7) is 3.38. The van der Waals surface area contributed by atoms with Crippen molar-refractivity contribution in [1.82, 2.24) is 19.1 Å². The molecule has 18 heavy (non-hydrogen) atoms. The topological polar surface area (TPSA) is 88.0 Å². The standard InChI is InChI=1S/C11H15N5O2/c1-2-18-11(17)9-10(12)16(8-14-9)6-5-15-4-3-13-7-15/h3-4,7-8H,2,5-6,12H2,1H3. The first-order valence-corrected chi connectivity index (χ1v) is 5.65. The van der Waals surface area contributed by atoms with Gasteiger partial charge >= 0.3 is 5.97 Å². The molecular formula is C11H15N5O2. The van der Waals surface area contributed by atoms with Crippen LogP contribution in [0.5, 0.6) is 0 Å². The number of aryl methyl sites for hydroxylation is 2. The van der Waals surface area contributed by atoms with Gasteiger partial charge in [-0.3, -0.25) is 0 Å². The minimum absolute atomic E-state index is 0.169. The van der Waals surface area contributed by atoms with Crippen molar-refractivity contribution in [1.29, 1.82) is 0 Å². The smallest absolute Gasteiger partial charge is 0.360 e. The van der Waals surface area contributed by atoms with E-state index in [-0.39, 0.29) is 5.69 Å². The number of carbonyl (C=O) groups excluding carboxylic acids is 1. The zero-order valence-corrected chi connectivity index (χ0v) is 10.1. The van der Waals surface area contributed by atoms with Crippen LogP contribution < -0.4 is 5.73 Å². The largest absolute Gasteiger partial charge is 0.461 e. The number of rotatable bonds is 5. The highest BCUT2D eigenvalue weighted by Crippen LogP contribution is 2.11. The van der Waals surface area contributed by atoms with Gasteiger partial charge in [0, 0.05) is 25.5 Å². The van der Waals surface area contributed by atoms with E-state index in [0.717, 1.165) is 0 Å². The molecule has 2 N–H and O–H groups in total. The van der Waals surface area contributed by atoms with Gasteiger partial charge in [0.05, 0.1) is 19.3 Å². The highest BCUT2D eigenvalue weighted by Gasteiger charge is 2.16. The van der Waals surface area contributed by atoms with Crippen LogP contribution in [0.2, 0.25) is 0 Å². The zero-order valence-electron chi connectivity index (χ0n) is 10.1. The lowest BCUT2D eigenvalue weighted by molar-refractivity contribution is 0.0521. The number of imidazole rings is 2. The number of anilines is 1. The van der Waals surface area contributed by atoms with Crippen LogP contribution in [-0.2, 0) is 17.8 Å². The monoisotopic (exact) mass is 249 g/mol. The fraction of sp³-hybridized carbons (Fsp3) is 0.364. The first-order chi connectivity index (χ1) is 8.72. The molecule has 0 saturated heterocycles. The molecule has 0 aliphatic heterocycles. The molecule has 96 valence electrons. The van der Waals surface area contributed by atoms with Gasteiger partial charge in [-0.15, -0.1) is 0 Å². The Labute approximate surface area is 104 Å². The molecule has 0 aromatic carbocycles. The van der Waals surface area contributed by atoms with Crippen molar-refractivity contribution in [2.24, 2.45) is 0 Å². The average molecular weight is 249 g/mol. The van der Waals surface area contributed by atoms with Crippen LogP contribution in [0, 0.1) is 0 Å². The first-order valence-electron chi connectivity index (χ1n) is 5.65. The first kappa shape index (κ1) is 12.2. The summed E-state index contributed by atoms with van der Waals surface area (Å²) in [6.07, 6.45) is 6.83. The summed E-state index contributed by atoms with van der Waals surface area (Å²) < 4.78 is 8.50. The second-order valence-corrected chi connectivity index (χ2v) is 3.69. The molecule has 0 radical (unpaired) electrons. The molecule has 0 amide bonds. The predicted molar refractivity (Wildman–Crippen MR) is 64.8 cm³/mol. The molecule has 2 aromatic rings. The third-order valence-electron chi connectivity index (χ3n) is 2.51. The van der Waals surface area contributed by atoms with Gasteiger partial charge in [0.1, 0.15) is 5.82 Å². The molecule has 0 atom stereocenters. The second-order valence-electron chi connectivity index (χ2n) is 3.69. The van der Waals surface area contributed by atoms with Crippen molar-refractivity contribution >= 4 is 11.8 Å². The van der Waals surface area contributed by atoms with E-state index in [4.69, 9.17) is 10.5 Å². The molecule has 2 aromatic heterocycles. The number of carbonyl (C=O) groups is 1. The fourth-order valence-electron chi connectivity index (χ4n) is 1.57. The fourth-order valence-corrected chi connectivity index (χ4v) is 1.57. The molecule has 7 nitrogen and oxygen atoms in total. The average Bonchev–Trinajstić information content (AvgIpc) is 2.96. The molecular weight excluding hydrogens is 234 g/mol. The zero-order chi connectivity index (χ0) is 13.0. The maximum absolute atomic E-state index is 11.5. The Morgan fingerprint density at radius 3 is 2.94 bits per heavy atom. The highest BCUT2D eigenvalue weighted by atomic mass is 16.5. The summed E-state index contributed by atoms with van der Waals surface area (Å²) in [5.74, 6) is -0.162. The second kappa shape index (κ2) is 5.35. The Bertz CT molecular complexity index is 518. The van der Waals surface area contributed by atoms with Crippen LogP contribution in [0.1, 0.15) is 17.4 Å². The van der Waals surface area contributed by atoms with Gasteiger partial charge in [0.15, 0.2) is 5.69 Å². The Kier molecular flexibility index (Phi) is 3.61. The van der Waals surface area contributed by atoms with Crippen molar-refractivity contribution in [3.63, 3.8) is 0 Å². The number of hydrogen-bond acceptors (Lipinski definition) is 5. The number of nitrogen functional groups attached to an aromatic ring is 1. The molecule has 2 heterocycles. The SMILES string of the molecule is CCOC(=O)c1ncn(CCn2ccnc2)c1N. The van der Waals surface area contributed by atoms with Gasteiger partial charge in [-0.1, -0.05) is 0 Å². The van der Waals surface area contributed by atoms with Crippen LogP contribution in [0.4, 0.5) is 5.82 Å². The van der Waals surface area contributed by atoms with E-state index in [9.17, 15) is 4.79 Å². The van der Waals surface area contributed by atoms with E-state index in [2.05, 4.69) is 9.97 Å². The highest BCUT2D eigenvalue weighted by molar-refractivity contribution is 5.92. The van der Waals surface area contributed by atoms with Gasteiger partial charge in [-0.05, 0) is 6.92 Å². The number of ether oxygens (including phenoxy) is 1. The van der Waals surface area contributed by atoms with E-state index < -0.39 is 5.97 Å². The summed E-state index contributed by atoms with van der Waals surface area (Å²) in [6, 6.07) is 0. The lowest BCUT2D eigenvalue weighted by atomic mass is 10.4. The Morgan fingerprint density at radius 2 is 2.28 bits per heavy atom. The molecule has 0 saturated carbocycles. The molecule has 0 fully saturated rings. The van der Waals surface area contributed by atoms with Crippen LogP contribution in [0.15, 0.2) is 25.0 Å². The van der Waals surface area contributed by atoms with Crippen LogP contribution in [0.25, 0.3) is 0 Å². The molecule has 7 heteroatoms. The van der Waals surface area contributed by atoms with Gasteiger partial charge < -0.3 is 19.6 Å². The quantitative estimate of drug-likeness (QED) is 0.781. The van der Waals surface area contributed by atoms with Crippen molar-refractivity contribution < 1.29 is 9.53 Å². The number of nitrogens with zero attached hydrogens (tertiary/aromatic N) is 4. The molecule has 0 spiro atoms. The van der Waals surface area contributed by atoms with Gasteiger partial charge in [0.25, 0.3) is 0 Å². The van der Waals surface area contributed by atoms with Gasteiger partial charge in [-0.2, -0.15) is 0 Å². The Balaban J connectivity index is 2.04. The van der Waals surface area contributed by atoms with Crippen LogP contribution in [-0.4, -0.2) is 31.7 Å². The number of aromatic nitrogens is 4. The molecule has 0 aliphatic carbocycles. The molecule has 0 unspecified atom stereocenters. The van der Waals surface area contributed by atoms with Gasteiger partial charge in [-0.25, -0.2) is 14.8 Å². The van der Waals surface area contributed by atoms with E-state index in [1.165, 1.54) is 0 Å². The minimum atomic E-state index is -0.489. The van der Waals surface area contributed by atoms with Crippen molar-refractivity contribution in [3.8, 4) is 0 Å². The maximum atomic E-state index is 11.5. The lowest BCUT2D eigenvalue weighted by Crippen LogP contribution is -2.11. The van der Waals surface area contributed by atoms with Crippen molar-refractivity contribution in [2.45, 2.75) is 20.0 Å². The van der Waals surface area contributed by atoms with Gasteiger partial charge in [0.2, 0.25) is 0 Å². The third kappa shape index (κ3) is 2.50. The predicted octanol–water partition coefficient (Wildman–Crippen LogP) is 0.539. The molecule has 0 aliphatic rings. The summed E-state index contributed by atoms with van der Waals surface area (Å²) >= 11 is 0. The summed E-state index contributed by atoms with van der Waals surface area (Å²) in [7, 11) is 0. The third-order valence-corrected chi connectivity index (χ3v) is 2.51. The number of nitrogens with two attached hydrogens (primary N) is 1. The summed E-state index contributed by atoms with van der Waals surface area (Å²) in [5, 5.41) is 0. The Morgan fingerprint density at radius 1 is 1.44 bits per heavy atom. The minimum Gasteiger partial charge on any atom is -0.461 e. The van der Waals surface area contributed by atoms with E-state index in [0.29, 0.717) is 25.5 Å². The Hall–Kier alpha value is -2.31. The summed E-state index contributed by atoms with van der Waals surface area (Å²) in [5.41, 5.74) is 6.02.